The summed E-state index contributed by atoms with van der Waals surface area (Å²) in [5.74, 6) is -0.650. The Kier molecular flexibility index (Phi) is 4.56. The first-order chi connectivity index (χ1) is 9.06. The smallest absolute Gasteiger partial charge is 0.252 e. The Balaban J connectivity index is 2.03. The third-order valence-electron chi connectivity index (χ3n) is 2.54. The second-order valence-corrected chi connectivity index (χ2v) is 5.22. The first-order valence-electron chi connectivity index (χ1n) is 5.54. The summed E-state index contributed by atoms with van der Waals surface area (Å²) in [6, 6.07) is 11.1. The van der Waals surface area contributed by atoms with Crippen LogP contribution < -0.4 is 5.32 Å². The molecule has 0 aliphatic rings. The van der Waals surface area contributed by atoms with Gasteiger partial charge in [-0.3, -0.25) is 4.79 Å². The van der Waals surface area contributed by atoms with Gasteiger partial charge in [0.15, 0.2) is 0 Å². The van der Waals surface area contributed by atoms with Crippen LogP contribution in [-0.2, 0) is 6.54 Å². The fourth-order valence-electron chi connectivity index (χ4n) is 1.55. The molecular formula is C14H10BrClFNO. The van der Waals surface area contributed by atoms with Gasteiger partial charge in [0.1, 0.15) is 5.82 Å². The molecular weight excluding hydrogens is 333 g/mol. The molecule has 0 fully saturated rings. The molecule has 1 amide bonds. The number of hydrogen-bond donors (Lipinski definition) is 1. The number of hydrogen-bond acceptors (Lipinski definition) is 1. The van der Waals surface area contributed by atoms with Gasteiger partial charge in [-0.1, -0.05) is 23.7 Å². The van der Waals surface area contributed by atoms with Crippen molar-refractivity contribution in [3.8, 4) is 0 Å². The van der Waals surface area contributed by atoms with Crippen LogP contribution in [0.3, 0.4) is 0 Å². The van der Waals surface area contributed by atoms with Crippen LogP contribution in [0.15, 0.2) is 46.9 Å². The fraction of sp³-hybridized carbons (Fsp3) is 0.0714. The van der Waals surface area contributed by atoms with E-state index in [4.69, 9.17) is 11.6 Å². The quantitative estimate of drug-likeness (QED) is 0.891. The Morgan fingerprint density at radius 1 is 1.21 bits per heavy atom. The molecule has 5 heteroatoms. The largest absolute Gasteiger partial charge is 0.348 e. The summed E-state index contributed by atoms with van der Waals surface area (Å²) < 4.78 is 13.4. The SMILES string of the molecule is O=C(NCc1ccc(Cl)cc1)c1ccc(F)cc1Br. The van der Waals surface area contributed by atoms with Crippen molar-refractivity contribution in [2.75, 3.05) is 0 Å². The second-order valence-electron chi connectivity index (χ2n) is 3.93. The number of rotatable bonds is 3. The van der Waals surface area contributed by atoms with Gasteiger partial charge in [-0.2, -0.15) is 0 Å². The molecule has 0 heterocycles. The minimum absolute atomic E-state index is 0.262. The van der Waals surface area contributed by atoms with Gasteiger partial charge in [-0.25, -0.2) is 4.39 Å². The zero-order chi connectivity index (χ0) is 13.8. The van der Waals surface area contributed by atoms with E-state index in [0.29, 0.717) is 21.6 Å². The van der Waals surface area contributed by atoms with Crippen LogP contribution in [-0.4, -0.2) is 5.91 Å². The number of carbonyl (C=O) groups is 1. The molecule has 0 aliphatic carbocycles. The fourth-order valence-corrected chi connectivity index (χ4v) is 2.21. The summed E-state index contributed by atoms with van der Waals surface area (Å²) in [5.41, 5.74) is 1.34. The number of benzene rings is 2. The highest BCUT2D eigenvalue weighted by Gasteiger charge is 2.10. The Morgan fingerprint density at radius 3 is 2.53 bits per heavy atom. The summed E-state index contributed by atoms with van der Waals surface area (Å²) in [5, 5.41) is 3.41. The molecule has 2 nitrogen and oxygen atoms in total. The van der Waals surface area contributed by atoms with Crippen molar-refractivity contribution < 1.29 is 9.18 Å². The van der Waals surface area contributed by atoms with E-state index >= 15 is 0 Å². The predicted octanol–water partition coefficient (Wildman–Crippen LogP) is 4.17. The van der Waals surface area contributed by atoms with Crippen molar-refractivity contribution in [1.29, 1.82) is 0 Å². The highest BCUT2D eigenvalue weighted by atomic mass is 79.9. The molecule has 2 aromatic carbocycles. The van der Waals surface area contributed by atoms with E-state index in [9.17, 15) is 9.18 Å². The summed E-state index contributed by atoms with van der Waals surface area (Å²) in [4.78, 5) is 11.9. The van der Waals surface area contributed by atoms with Crippen LogP contribution >= 0.6 is 27.5 Å². The van der Waals surface area contributed by atoms with E-state index in [2.05, 4.69) is 21.2 Å². The van der Waals surface area contributed by atoms with Crippen molar-refractivity contribution in [3.05, 3.63) is 68.9 Å². The molecule has 0 radical (unpaired) electrons. The molecule has 2 rings (SSSR count). The lowest BCUT2D eigenvalue weighted by molar-refractivity contribution is 0.0950. The lowest BCUT2D eigenvalue weighted by Crippen LogP contribution is -2.23. The van der Waals surface area contributed by atoms with E-state index in [-0.39, 0.29) is 11.7 Å². The van der Waals surface area contributed by atoms with E-state index in [1.807, 2.05) is 12.1 Å². The molecule has 0 saturated heterocycles. The minimum atomic E-state index is -0.388. The minimum Gasteiger partial charge on any atom is -0.348 e. The molecule has 19 heavy (non-hydrogen) atoms. The van der Waals surface area contributed by atoms with Crippen molar-refractivity contribution in [2.45, 2.75) is 6.54 Å². The average molecular weight is 343 g/mol. The molecule has 0 unspecified atom stereocenters. The van der Waals surface area contributed by atoms with Gasteiger partial charge in [-0.05, 0) is 51.8 Å². The molecule has 2 aromatic rings. The molecule has 1 N–H and O–H groups in total. The second kappa shape index (κ2) is 6.17. The van der Waals surface area contributed by atoms with Gasteiger partial charge >= 0.3 is 0 Å². The average Bonchev–Trinajstić information content (AvgIpc) is 2.37. The molecule has 0 saturated carbocycles. The van der Waals surface area contributed by atoms with Crippen LogP contribution in [0, 0.1) is 5.82 Å². The number of carbonyl (C=O) groups excluding carboxylic acids is 1. The van der Waals surface area contributed by atoms with Crippen molar-refractivity contribution in [1.82, 2.24) is 5.32 Å². The highest BCUT2D eigenvalue weighted by Crippen LogP contribution is 2.18. The van der Waals surface area contributed by atoms with E-state index in [0.717, 1.165) is 5.56 Å². The van der Waals surface area contributed by atoms with Gasteiger partial charge in [0.2, 0.25) is 0 Å². The molecule has 0 spiro atoms. The molecule has 0 bridgehead atoms. The Bertz CT molecular complexity index is 601. The molecule has 0 atom stereocenters. The van der Waals surface area contributed by atoms with Crippen LogP contribution in [0.25, 0.3) is 0 Å². The van der Waals surface area contributed by atoms with Gasteiger partial charge in [0, 0.05) is 16.0 Å². The lowest BCUT2D eigenvalue weighted by Gasteiger charge is -2.07. The van der Waals surface area contributed by atoms with Gasteiger partial charge in [0.05, 0.1) is 5.56 Å². The first kappa shape index (κ1) is 14.0. The zero-order valence-electron chi connectivity index (χ0n) is 9.79. The Labute approximate surface area is 123 Å². The molecule has 98 valence electrons. The van der Waals surface area contributed by atoms with Gasteiger partial charge in [0.25, 0.3) is 5.91 Å². The van der Waals surface area contributed by atoms with E-state index in [1.165, 1.54) is 18.2 Å². The predicted molar refractivity (Wildman–Crippen MR) is 76.7 cm³/mol. The summed E-state index contributed by atoms with van der Waals surface area (Å²) in [6.07, 6.45) is 0. The van der Waals surface area contributed by atoms with E-state index < -0.39 is 0 Å². The summed E-state index contributed by atoms with van der Waals surface area (Å²) in [6.45, 7) is 0.389. The van der Waals surface area contributed by atoms with Gasteiger partial charge in [-0.15, -0.1) is 0 Å². The van der Waals surface area contributed by atoms with Crippen LogP contribution in [0.2, 0.25) is 5.02 Å². The molecule has 0 aliphatic heterocycles. The maximum atomic E-state index is 12.9. The maximum Gasteiger partial charge on any atom is 0.252 e. The Hall–Kier alpha value is -1.39. The summed E-state index contributed by atoms with van der Waals surface area (Å²) >= 11 is 8.94. The van der Waals surface area contributed by atoms with E-state index in [1.54, 1.807) is 12.1 Å². The standard InChI is InChI=1S/C14H10BrClFNO/c15-13-7-11(17)5-6-12(13)14(19)18-8-9-1-3-10(16)4-2-9/h1-7H,8H2,(H,18,19). The van der Waals surface area contributed by atoms with Crippen LogP contribution in [0.4, 0.5) is 4.39 Å². The molecule has 0 aromatic heterocycles. The number of amides is 1. The van der Waals surface area contributed by atoms with Crippen molar-refractivity contribution >= 4 is 33.4 Å². The highest BCUT2D eigenvalue weighted by molar-refractivity contribution is 9.10. The van der Waals surface area contributed by atoms with Gasteiger partial charge < -0.3 is 5.32 Å². The topological polar surface area (TPSA) is 29.1 Å². The number of nitrogens with one attached hydrogen (secondary N) is 1. The lowest BCUT2D eigenvalue weighted by atomic mass is 10.2. The van der Waals surface area contributed by atoms with Crippen molar-refractivity contribution in [3.63, 3.8) is 0 Å². The summed E-state index contributed by atoms with van der Waals surface area (Å²) in [7, 11) is 0. The van der Waals surface area contributed by atoms with Crippen LogP contribution in [0.1, 0.15) is 15.9 Å². The Morgan fingerprint density at radius 2 is 1.89 bits per heavy atom. The number of halogens is 3. The maximum absolute atomic E-state index is 12.9. The van der Waals surface area contributed by atoms with Crippen molar-refractivity contribution in [2.24, 2.45) is 0 Å². The third-order valence-corrected chi connectivity index (χ3v) is 3.45. The monoisotopic (exact) mass is 341 g/mol. The first-order valence-corrected chi connectivity index (χ1v) is 6.71. The normalized spacial score (nSPS) is 10.3. The van der Waals surface area contributed by atoms with Crippen LogP contribution in [0.5, 0.6) is 0 Å². The zero-order valence-corrected chi connectivity index (χ0v) is 12.1. The third kappa shape index (κ3) is 3.78.